The van der Waals surface area contributed by atoms with E-state index in [1.807, 2.05) is 6.08 Å². The zero-order chi connectivity index (χ0) is 21.3. The Morgan fingerprint density at radius 2 is 1.97 bits per heavy atom. The van der Waals surface area contributed by atoms with Crippen molar-refractivity contribution in [2.45, 2.75) is 102 Å². The molecule has 2 saturated heterocycles. The van der Waals surface area contributed by atoms with Gasteiger partial charge in [0.15, 0.2) is 5.78 Å². The van der Waals surface area contributed by atoms with Gasteiger partial charge in [0.2, 0.25) is 0 Å². The summed E-state index contributed by atoms with van der Waals surface area (Å²) in [6, 6.07) is 0. The molecule has 0 aromatic rings. The van der Waals surface area contributed by atoms with Gasteiger partial charge in [0.1, 0.15) is 11.7 Å². The molecule has 5 rings (SSSR count). The molecule has 3 aliphatic carbocycles. The number of ether oxygens (including phenoxy) is 2. The molecule has 4 nitrogen and oxygen atoms in total. The number of thioether (sulfide) groups is 1. The van der Waals surface area contributed by atoms with Gasteiger partial charge in [-0.3, -0.25) is 9.59 Å². The van der Waals surface area contributed by atoms with Crippen molar-refractivity contribution < 1.29 is 19.1 Å². The highest BCUT2D eigenvalue weighted by Gasteiger charge is 2.80. The van der Waals surface area contributed by atoms with Crippen LogP contribution in [0.3, 0.4) is 0 Å². The molecule has 3 unspecified atom stereocenters. The van der Waals surface area contributed by atoms with Crippen LogP contribution in [-0.4, -0.2) is 40.6 Å². The lowest BCUT2D eigenvalue weighted by Gasteiger charge is -2.59. The van der Waals surface area contributed by atoms with Crippen LogP contribution in [-0.2, 0) is 19.1 Å². The third-order valence-electron chi connectivity index (χ3n) is 9.35. The molecule has 2 saturated carbocycles. The summed E-state index contributed by atoms with van der Waals surface area (Å²) in [5, 5.41) is 0.474. The molecule has 2 aliphatic heterocycles. The number of carbonyl (C=O) groups is 2. The lowest BCUT2D eigenvalue weighted by molar-refractivity contribution is -0.152. The first kappa shape index (κ1) is 21.1. The van der Waals surface area contributed by atoms with Gasteiger partial charge in [-0.05, 0) is 49.9 Å². The first-order valence-corrected chi connectivity index (χ1v) is 13.1. The molecule has 0 amide bonds. The van der Waals surface area contributed by atoms with Crippen LogP contribution in [0, 0.1) is 22.7 Å². The van der Waals surface area contributed by atoms with E-state index in [-0.39, 0.29) is 34.6 Å². The molecule has 4 fully saturated rings. The van der Waals surface area contributed by atoms with Crippen LogP contribution in [0.25, 0.3) is 0 Å². The van der Waals surface area contributed by atoms with Gasteiger partial charge in [0, 0.05) is 34.8 Å². The maximum atomic E-state index is 12.3. The van der Waals surface area contributed by atoms with Crippen molar-refractivity contribution in [2.24, 2.45) is 22.7 Å². The second-order valence-electron chi connectivity index (χ2n) is 10.7. The van der Waals surface area contributed by atoms with Crippen LogP contribution in [0.4, 0.5) is 0 Å². The second-order valence-corrected chi connectivity index (χ2v) is 12.1. The van der Waals surface area contributed by atoms with Crippen molar-refractivity contribution in [1.29, 1.82) is 0 Å². The quantitative estimate of drug-likeness (QED) is 0.447. The Morgan fingerprint density at radius 3 is 2.63 bits per heavy atom. The van der Waals surface area contributed by atoms with Gasteiger partial charge in [0.05, 0.1) is 6.10 Å². The number of ketones is 1. The van der Waals surface area contributed by atoms with Gasteiger partial charge in [-0.25, -0.2) is 0 Å². The summed E-state index contributed by atoms with van der Waals surface area (Å²) in [5.41, 5.74) is 1.16. The predicted molar refractivity (Wildman–Crippen MR) is 118 cm³/mol. The smallest absolute Gasteiger partial charge is 0.306 e. The van der Waals surface area contributed by atoms with Gasteiger partial charge >= 0.3 is 5.97 Å². The summed E-state index contributed by atoms with van der Waals surface area (Å²) in [4.78, 5) is 24.3. The van der Waals surface area contributed by atoms with Crippen molar-refractivity contribution in [3.63, 3.8) is 0 Å². The molecule has 166 valence electrons. The average molecular weight is 433 g/mol. The van der Waals surface area contributed by atoms with E-state index < -0.39 is 0 Å². The van der Waals surface area contributed by atoms with Crippen molar-refractivity contribution in [3.05, 3.63) is 11.6 Å². The predicted octanol–water partition coefficient (Wildman–Crippen LogP) is 5.09. The first-order valence-electron chi connectivity index (χ1n) is 12.0. The fourth-order valence-electron chi connectivity index (χ4n) is 7.88. The zero-order valence-electron chi connectivity index (χ0n) is 18.9. The van der Waals surface area contributed by atoms with Crippen LogP contribution >= 0.6 is 11.8 Å². The normalized spacial score (nSPS) is 49.6. The maximum Gasteiger partial charge on any atom is 0.306 e. The molecule has 0 aromatic carbocycles. The largest absolute Gasteiger partial charge is 0.462 e. The molecule has 0 bridgehead atoms. The Kier molecular flexibility index (Phi) is 4.98. The number of cyclic esters (lactones) is 1. The summed E-state index contributed by atoms with van der Waals surface area (Å²) >= 11 is 2.09. The standard InChI is InChI=1S/C25H36O4S/c1-5-11-30-18-13-15-12-16(26)9-10-24(15,4)25-20(29-25)14-23(3,17(6-2)22(18)25)19-7-8-21(27)28-19/h12,17-20,22H,5-11,13-14H2,1-4H3/t17?,18-,19?,20-,22?,23+,24+,25-/m1/s1. The van der Waals surface area contributed by atoms with Crippen LogP contribution in [0.5, 0.6) is 0 Å². The Morgan fingerprint density at radius 1 is 1.17 bits per heavy atom. The number of fused-ring (bicyclic) bond motifs is 1. The van der Waals surface area contributed by atoms with Crippen molar-refractivity contribution >= 4 is 23.5 Å². The topological polar surface area (TPSA) is 55.9 Å². The molecule has 0 radical (unpaired) electrons. The van der Waals surface area contributed by atoms with Gasteiger partial charge in [-0.15, -0.1) is 0 Å². The molecule has 0 N–H and O–H groups in total. The molecule has 0 aromatic heterocycles. The number of epoxide rings is 1. The highest BCUT2D eigenvalue weighted by molar-refractivity contribution is 7.99. The molecular weight excluding hydrogens is 396 g/mol. The van der Waals surface area contributed by atoms with Crippen LogP contribution in [0.1, 0.15) is 79.1 Å². The van der Waals surface area contributed by atoms with E-state index in [4.69, 9.17) is 9.47 Å². The number of esters is 1. The van der Waals surface area contributed by atoms with E-state index in [0.717, 1.165) is 44.3 Å². The van der Waals surface area contributed by atoms with E-state index in [9.17, 15) is 9.59 Å². The molecule has 8 atom stereocenters. The minimum Gasteiger partial charge on any atom is -0.462 e. The summed E-state index contributed by atoms with van der Waals surface area (Å²) in [5.74, 6) is 2.33. The highest BCUT2D eigenvalue weighted by atomic mass is 32.2. The van der Waals surface area contributed by atoms with E-state index in [1.54, 1.807) is 0 Å². The summed E-state index contributed by atoms with van der Waals surface area (Å²) in [6.45, 7) is 9.31. The van der Waals surface area contributed by atoms with Gasteiger partial charge in [-0.2, -0.15) is 11.8 Å². The van der Waals surface area contributed by atoms with Crippen LogP contribution in [0.2, 0.25) is 0 Å². The number of hydrogen-bond donors (Lipinski definition) is 0. The van der Waals surface area contributed by atoms with E-state index >= 15 is 0 Å². The Balaban J connectivity index is 1.58. The van der Waals surface area contributed by atoms with Gasteiger partial charge < -0.3 is 9.47 Å². The monoisotopic (exact) mass is 432 g/mol. The van der Waals surface area contributed by atoms with E-state index in [1.165, 1.54) is 5.57 Å². The highest BCUT2D eigenvalue weighted by Crippen LogP contribution is 2.75. The van der Waals surface area contributed by atoms with Crippen molar-refractivity contribution in [1.82, 2.24) is 0 Å². The number of carbonyl (C=O) groups excluding carboxylic acids is 2. The lowest BCUT2D eigenvalue weighted by atomic mass is 9.45. The second kappa shape index (κ2) is 7.10. The fraction of sp³-hybridized carbons (Fsp3) is 0.840. The molecule has 30 heavy (non-hydrogen) atoms. The van der Waals surface area contributed by atoms with Gasteiger partial charge in [-0.1, -0.05) is 39.7 Å². The summed E-state index contributed by atoms with van der Waals surface area (Å²) in [6.07, 6.45) is 9.41. The Labute approximate surface area is 184 Å². The average Bonchev–Trinajstić information content (AvgIpc) is 3.26. The Hall–Kier alpha value is -0.810. The van der Waals surface area contributed by atoms with Crippen LogP contribution < -0.4 is 0 Å². The number of rotatable bonds is 5. The van der Waals surface area contributed by atoms with Crippen molar-refractivity contribution in [2.75, 3.05) is 5.75 Å². The summed E-state index contributed by atoms with van der Waals surface area (Å²) < 4.78 is 12.7. The zero-order valence-corrected chi connectivity index (χ0v) is 19.7. The molecule has 2 heterocycles. The third kappa shape index (κ3) is 2.69. The number of allylic oxidation sites excluding steroid dienone is 1. The molecular formula is C25H36O4S. The molecule has 5 aliphatic rings. The molecule has 1 spiro atoms. The minimum atomic E-state index is -0.133. The summed E-state index contributed by atoms with van der Waals surface area (Å²) in [7, 11) is 0. The van der Waals surface area contributed by atoms with E-state index in [2.05, 4.69) is 39.5 Å². The third-order valence-corrected chi connectivity index (χ3v) is 10.9. The SMILES string of the molecule is CCCS[C@@H]1CC2=CC(=O)CC[C@]2(C)[C@@]23O[C@@H]2C[C@](C)(C2CCC(=O)O2)C(CC)C13. The van der Waals surface area contributed by atoms with Gasteiger partial charge in [0.25, 0.3) is 0 Å². The fourth-order valence-corrected chi connectivity index (χ4v) is 9.32. The first-order chi connectivity index (χ1) is 14.3. The maximum absolute atomic E-state index is 12.3. The molecule has 5 heteroatoms. The van der Waals surface area contributed by atoms with Crippen LogP contribution in [0.15, 0.2) is 11.6 Å². The lowest BCUT2D eigenvalue weighted by Crippen LogP contribution is -2.63. The minimum absolute atomic E-state index is 0.0200. The van der Waals surface area contributed by atoms with Crippen molar-refractivity contribution in [3.8, 4) is 0 Å². The Bertz CT molecular complexity index is 792. The van der Waals surface area contributed by atoms with E-state index in [0.29, 0.717) is 35.7 Å². The number of hydrogen-bond acceptors (Lipinski definition) is 5.